The zero-order valence-electron chi connectivity index (χ0n) is 9.38. The van der Waals surface area contributed by atoms with E-state index in [1.54, 1.807) is 11.3 Å². The first-order valence-corrected chi connectivity index (χ1v) is 7.24. The van der Waals surface area contributed by atoms with Crippen LogP contribution in [0.3, 0.4) is 0 Å². The van der Waals surface area contributed by atoms with Crippen molar-refractivity contribution in [3.05, 3.63) is 62.9 Å². The number of para-hydroxylation sites is 1. The Labute approximate surface area is 117 Å². The molecule has 0 bridgehead atoms. The van der Waals surface area contributed by atoms with E-state index in [2.05, 4.69) is 20.9 Å². The fourth-order valence-corrected chi connectivity index (χ4v) is 3.41. The Kier molecular flexibility index (Phi) is 3.16. The van der Waals surface area contributed by atoms with E-state index in [1.165, 1.54) is 0 Å². The van der Waals surface area contributed by atoms with Crippen LogP contribution in [0.4, 0.5) is 0 Å². The van der Waals surface area contributed by atoms with Gasteiger partial charge in [-0.3, -0.25) is 0 Å². The van der Waals surface area contributed by atoms with Crippen molar-refractivity contribution in [3.8, 4) is 0 Å². The quantitative estimate of drug-likeness (QED) is 0.770. The number of rotatable bonds is 2. The summed E-state index contributed by atoms with van der Waals surface area (Å²) in [5.74, 6) is 0. The van der Waals surface area contributed by atoms with Crippen LogP contribution in [0.15, 0.2) is 51.6 Å². The predicted octanol–water partition coefficient (Wildman–Crippen LogP) is 4.14. The van der Waals surface area contributed by atoms with E-state index >= 15 is 0 Å². The Bertz CT molecular complexity index is 695. The molecule has 1 N–H and O–H groups in total. The average Bonchev–Trinajstić information content (AvgIpc) is 2.83. The molecule has 3 rings (SSSR count). The topological polar surface area (TPSA) is 33.1 Å². The van der Waals surface area contributed by atoms with Gasteiger partial charge in [0.1, 0.15) is 6.10 Å². The van der Waals surface area contributed by atoms with E-state index in [0.717, 1.165) is 20.9 Å². The first-order chi connectivity index (χ1) is 8.75. The molecular formula is C14H10BrNOS. The van der Waals surface area contributed by atoms with Gasteiger partial charge in [-0.2, -0.15) is 11.3 Å². The molecule has 2 aromatic heterocycles. The molecule has 0 radical (unpaired) electrons. The van der Waals surface area contributed by atoms with Gasteiger partial charge >= 0.3 is 0 Å². The van der Waals surface area contributed by atoms with Gasteiger partial charge in [-0.15, -0.1) is 0 Å². The highest BCUT2D eigenvalue weighted by Crippen LogP contribution is 2.31. The first-order valence-electron chi connectivity index (χ1n) is 5.51. The molecule has 0 amide bonds. The summed E-state index contributed by atoms with van der Waals surface area (Å²) >= 11 is 4.99. The van der Waals surface area contributed by atoms with Gasteiger partial charge < -0.3 is 5.11 Å². The molecule has 18 heavy (non-hydrogen) atoms. The molecule has 0 aliphatic carbocycles. The molecule has 1 unspecified atom stereocenters. The third-order valence-corrected chi connectivity index (χ3v) is 4.59. The van der Waals surface area contributed by atoms with Gasteiger partial charge in [0, 0.05) is 20.8 Å². The van der Waals surface area contributed by atoms with Crippen molar-refractivity contribution in [3.63, 3.8) is 0 Å². The second-order valence-corrected chi connectivity index (χ2v) is 5.60. The van der Waals surface area contributed by atoms with Gasteiger partial charge in [-0.1, -0.05) is 24.3 Å². The summed E-state index contributed by atoms with van der Waals surface area (Å²) in [7, 11) is 0. The Balaban J connectivity index is 2.07. The van der Waals surface area contributed by atoms with Crippen molar-refractivity contribution < 1.29 is 5.11 Å². The minimum Gasteiger partial charge on any atom is -0.382 e. The Hall–Kier alpha value is -1.23. The maximum absolute atomic E-state index is 10.3. The van der Waals surface area contributed by atoms with E-state index in [0.29, 0.717) is 5.69 Å². The number of fused-ring (bicyclic) bond motifs is 1. The molecule has 2 heterocycles. The van der Waals surface area contributed by atoms with Crippen LogP contribution in [-0.4, -0.2) is 10.1 Å². The second-order valence-electron chi connectivity index (χ2n) is 4.01. The van der Waals surface area contributed by atoms with E-state index < -0.39 is 6.10 Å². The molecule has 90 valence electrons. The summed E-state index contributed by atoms with van der Waals surface area (Å²) in [6.45, 7) is 0. The van der Waals surface area contributed by atoms with Gasteiger partial charge in [0.15, 0.2) is 0 Å². The summed E-state index contributed by atoms with van der Waals surface area (Å²) < 4.78 is 0.926. The van der Waals surface area contributed by atoms with Crippen LogP contribution in [0.25, 0.3) is 10.9 Å². The fourth-order valence-electron chi connectivity index (χ4n) is 1.88. The Morgan fingerprint density at radius 3 is 2.72 bits per heavy atom. The standard InChI is InChI=1S/C14H10BrNOS/c15-11-8-18-7-10(11)14(17)13-6-5-9-3-1-2-4-12(9)16-13/h1-8,14,17H. The molecule has 3 aromatic rings. The van der Waals surface area contributed by atoms with Crippen molar-refractivity contribution >= 4 is 38.2 Å². The van der Waals surface area contributed by atoms with Crippen LogP contribution in [0.5, 0.6) is 0 Å². The number of benzene rings is 1. The predicted molar refractivity (Wildman–Crippen MR) is 77.8 cm³/mol. The van der Waals surface area contributed by atoms with Crippen LogP contribution in [0.1, 0.15) is 17.4 Å². The maximum Gasteiger partial charge on any atom is 0.123 e. The van der Waals surface area contributed by atoms with Gasteiger partial charge in [0.25, 0.3) is 0 Å². The van der Waals surface area contributed by atoms with E-state index in [9.17, 15) is 5.11 Å². The highest BCUT2D eigenvalue weighted by Gasteiger charge is 2.15. The number of thiophene rings is 1. The molecule has 1 atom stereocenters. The Morgan fingerprint density at radius 2 is 1.94 bits per heavy atom. The zero-order chi connectivity index (χ0) is 12.5. The third kappa shape index (κ3) is 2.07. The summed E-state index contributed by atoms with van der Waals surface area (Å²) in [5.41, 5.74) is 2.44. The highest BCUT2D eigenvalue weighted by molar-refractivity contribution is 9.10. The molecule has 0 saturated carbocycles. The van der Waals surface area contributed by atoms with Crippen molar-refractivity contribution in [1.29, 1.82) is 0 Å². The number of nitrogens with zero attached hydrogens (tertiary/aromatic N) is 1. The van der Waals surface area contributed by atoms with Gasteiger partial charge in [-0.25, -0.2) is 4.98 Å². The minimum absolute atomic E-state index is 0.674. The van der Waals surface area contributed by atoms with Crippen molar-refractivity contribution in [2.75, 3.05) is 0 Å². The van der Waals surface area contributed by atoms with Crippen LogP contribution in [0.2, 0.25) is 0 Å². The van der Waals surface area contributed by atoms with Crippen LogP contribution in [0, 0.1) is 0 Å². The lowest BCUT2D eigenvalue weighted by Gasteiger charge is -2.10. The molecule has 0 fully saturated rings. The summed E-state index contributed by atoms with van der Waals surface area (Å²) in [6, 6.07) is 11.8. The van der Waals surface area contributed by atoms with Gasteiger partial charge in [-0.05, 0) is 33.4 Å². The van der Waals surface area contributed by atoms with Crippen LogP contribution >= 0.6 is 27.3 Å². The largest absolute Gasteiger partial charge is 0.382 e. The lowest BCUT2D eigenvalue weighted by molar-refractivity contribution is 0.215. The maximum atomic E-state index is 10.3. The number of aliphatic hydroxyl groups is 1. The number of halogens is 1. The van der Waals surface area contributed by atoms with Crippen molar-refractivity contribution in [2.45, 2.75) is 6.10 Å². The van der Waals surface area contributed by atoms with Gasteiger partial charge in [0.05, 0.1) is 11.2 Å². The molecule has 0 spiro atoms. The highest BCUT2D eigenvalue weighted by atomic mass is 79.9. The average molecular weight is 320 g/mol. The first kappa shape index (κ1) is 11.8. The van der Waals surface area contributed by atoms with Crippen molar-refractivity contribution in [2.24, 2.45) is 0 Å². The van der Waals surface area contributed by atoms with E-state index in [4.69, 9.17) is 0 Å². The number of aliphatic hydroxyl groups excluding tert-OH is 1. The molecular weight excluding hydrogens is 310 g/mol. The lowest BCUT2D eigenvalue weighted by atomic mass is 10.1. The number of aromatic nitrogens is 1. The SMILES string of the molecule is OC(c1ccc2ccccc2n1)c1cscc1Br. The van der Waals surface area contributed by atoms with E-state index in [1.807, 2.05) is 47.2 Å². The zero-order valence-corrected chi connectivity index (χ0v) is 11.8. The number of hydrogen-bond acceptors (Lipinski definition) is 3. The number of pyridine rings is 1. The summed E-state index contributed by atoms with van der Waals surface area (Å²) in [6.07, 6.45) is -0.685. The summed E-state index contributed by atoms with van der Waals surface area (Å²) in [4.78, 5) is 4.51. The number of hydrogen-bond donors (Lipinski definition) is 1. The third-order valence-electron chi connectivity index (χ3n) is 2.84. The van der Waals surface area contributed by atoms with Crippen LogP contribution < -0.4 is 0 Å². The molecule has 0 saturated heterocycles. The van der Waals surface area contributed by atoms with Crippen LogP contribution in [-0.2, 0) is 0 Å². The monoisotopic (exact) mass is 319 g/mol. The Morgan fingerprint density at radius 1 is 1.11 bits per heavy atom. The molecule has 0 aliphatic heterocycles. The molecule has 4 heteroatoms. The summed E-state index contributed by atoms with van der Waals surface area (Å²) in [5, 5.41) is 15.3. The molecule has 0 aliphatic rings. The van der Waals surface area contributed by atoms with Crippen molar-refractivity contribution in [1.82, 2.24) is 4.98 Å². The second kappa shape index (κ2) is 4.80. The van der Waals surface area contributed by atoms with E-state index in [-0.39, 0.29) is 0 Å². The molecule has 1 aromatic carbocycles. The minimum atomic E-state index is -0.685. The normalized spacial score (nSPS) is 12.8. The fraction of sp³-hybridized carbons (Fsp3) is 0.0714. The smallest absolute Gasteiger partial charge is 0.123 e. The lowest BCUT2D eigenvalue weighted by Crippen LogP contribution is -2.01. The molecule has 2 nitrogen and oxygen atoms in total. The van der Waals surface area contributed by atoms with Gasteiger partial charge in [0.2, 0.25) is 0 Å².